The number of aldehydes is 1. The lowest BCUT2D eigenvalue weighted by Gasteiger charge is -2.04. The Labute approximate surface area is 141 Å². The highest BCUT2D eigenvalue weighted by Crippen LogP contribution is 2.32. The zero-order chi connectivity index (χ0) is 17.4. The largest absolute Gasteiger partial charge is 0.298 e. The number of hydrogen-bond acceptors (Lipinski definition) is 2. The lowest BCUT2D eigenvalue weighted by atomic mass is 10.1. The monoisotopic (exact) mass is 398 g/mol. The van der Waals surface area contributed by atoms with E-state index in [-0.39, 0.29) is 27.1 Å². The van der Waals surface area contributed by atoms with Crippen LogP contribution < -0.4 is 0 Å². The van der Waals surface area contributed by atoms with Crippen molar-refractivity contribution in [3.05, 3.63) is 69.8 Å². The highest BCUT2D eigenvalue weighted by atomic mass is 79.9. The summed E-state index contributed by atoms with van der Waals surface area (Å²) in [6.07, 6.45) is 0.392. The predicted octanol–water partition coefficient (Wildman–Crippen LogP) is 4.67. The van der Waals surface area contributed by atoms with Gasteiger partial charge in [-0.3, -0.25) is 4.79 Å². The second kappa shape index (κ2) is 6.20. The fourth-order valence-electron chi connectivity index (χ4n) is 2.22. The summed E-state index contributed by atoms with van der Waals surface area (Å²) >= 11 is 3.10. The lowest BCUT2D eigenvalue weighted by molar-refractivity contribution is 0.112. The Morgan fingerprint density at radius 1 is 0.958 bits per heavy atom. The highest BCUT2D eigenvalue weighted by molar-refractivity contribution is 9.10. The summed E-state index contributed by atoms with van der Waals surface area (Å²) in [5.41, 5.74) is -0.498. The van der Waals surface area contributed by atoms with Gasteiger partial charge in [0.2, 0.25) is 0 Å². The van der Waals surface area contributed by atoms with Crippen LogP contribution in [0.3, 0.4) is 0 Å². The van der Waals surface area contributed by atoms with Crippen LogP contribution in [0.25, 0.3) is 16.9 Å². The highest BCUT2D eigenvalue weighted by Gasteiger charge is 2.21. The summed E-state index contributed by atoms with van der Waals surface area (Å²) in [6, 6.07) is 5.35. The van der Waals surface area contributed by atoms with Gasteiger partial charge in [0.1, 0.15) is 33.6 Å². The molecule has 8 heteroatoms. The maximum Gasteiger partial charge on any atom is 0.155 e. The van der Waals surface area contributed by atoms with Gasteiger partial charge in [0.15, 0.2) is 6.29 Å². The molecule has 0 aliphatic rings. The first kappa shape index (κ1) is 16.4. The van der Waals surface area contributed by atoms with Gasteiger partial charge in [0, 0.05) is 11.6 Å². The molecule has 0 saturated heterocycles. The first-order valence-electron chi connectivity index (χ1n) is 6.56. The molecule has 1 aromatic heterocycles. The molecule has 0 aliphatic carbocycles. The molecule has 3 nitrogen and oxygen atoms in total. The fourth-order valence-corrected chi connectivity index (χ4v) is 2.79. The molecule has 0 radical (unpaired) electrons. The van der Waals surface area contributed by atoms with Crippen LogP contribution in [0.2, 0.25) is 0 Å². The topological polar surface area (TPSA) is 34.9 Å². The normalized spacial score (nSPS) is 10.9. The van der Waals surface area contributed by atoms with Crippen molar-refractivity contribution in [2.75, 3.05) is 0 Å². The number of hydrogen-bond donors (Lipinski definition) is 0. The Kier molecular flexibility index (Phi) is 4.23. The van der Waals surface area contributed by atoms with Gasteiger partial charge in [-0.2, -0.15) is 5.10 Å². The van der Waals surface area contributed by atoms with Gasteiger partial charge in [-0.1, -0.05) is 0 Å². The van der Waals surface area contributed by atoms with Crippen LogP contribution in [-0.4, -0.2) is 16.1 Å². The third-order valence-corrected chi connectivity index (χ3v) is 4.02. The molecule has 0 bridgehead atoms. The third kappa shape index (κ3) is 2.84. The maximum absolute atomic E-state index is 14.0. The van der Waals surface area contributed by atoms with Crippen LogP contribution in [0, 0.1) is 23.3 Å². The molecule has 3 aromatic rings. The third-order valence-electron chi connectivity index (χ3n) is 3.26. The molecular weight excluding hydrogens is 392 g/mol. The first-order chi connectivity index (χ1) is 11.4. The Balaban J connectivity index is 2.26. The smallest absolute Gasteiger partial charge is 0.155 e. The van der Waals surface area contributed by atoms with Gasteiger partial charge in [0.05, 0.1) is 11.3 Å². The van der Waals surface area contributed by atoms with Gasteiger partial charge in [0.25, 0.3) is 0 Å². The SMILES string of the molecule is O=Cc1c(-c2cc(F)ccc2F)nn(-c2cc(F)cc(F)c2)c1Br. The minimum atomic E-state index is -0.849. The quantitative estimate of drug-likeness (QED) is 0.474. The number of carbonyl (C=O) groups excluding carboxylic acids is 1. The lowest BCUT2D eigenvalue weighted by Crippen LogP contribution is -1.99. The second-order valence-corrected chi connectivity index (χ2v) is 5.59. The number of benzene rings is 2. The van der Waals surface area contributed by atoms with Gasteiger partial charge < -0.3 is 0 Å². The van der Waals surface area contributed by atoms with Gasteiger partial charge in [-0.25, -0.2) is 22.2 Å². The van der Waals surface area contributed by atoms with Gasteiger partial charge in [-0.15, -0.1) is 0 Å². The summed E-state index contributed by atoms with van der Waals surface area (Å²) in [4.78, 5) is 11.3. The van der Waals surface area contributed by atoms with Crippen molar-refractivity contribution >= 4 is 22.2 Å². The van der Waals surface area contributed by atoms with E-state index in [9.17, 15) is 22.4 Å². The maximum atomic E-state index is 14.0. The van der Waals surface area contributed by atoms with E-state index < -0.39 is 23.3 Å². The van der Waals surface area contributed by atoms with Crippen molar-refractivity contribution in [3.63, 3.8) is 0 Å². The van der Waals surface area contributed by atoms with Crippen molar-refractivity contribution in [1.29, 1.82) is 0 Å². The second-order valence-electron chi connectivity index (χ2n) is 4.83. The molecule has 24 heavy (non-hydrogen) atoms. The van der Waals surface area contributed by atoms with Crippen LogP contribution in [-0.2, 0) is 0 Å². The molecule has 0 unspecified atom stereocenters. The molecule has 0 fully saturated rings. The van der Waals surface area contributed by atoms with Crippen LogP contribution in [0.15, 0.2) is 41.0 Å². The van der Waals surface area contributed by atoms with E-state index >= 15 is 0 Å². The molecule has 2 aromatic carbocycles. The van der Waals surface area contributed by atoms with E-state index in [1.807, 2.05) is 0 Å². The van der Waals surface area contributed by atoms with Gasteiger partial charge >= 0.3 is 0 Å². The standard InChI is InChI=1S/C16H7BrF4N2O/c17-16-13(7-24)15(12-6-8(18)1-2-14(12)21)22-23(16)11-4-9(19)3-10(20)5-11/h1-7H. The zero-order valence-corrected chi connectivity index (χ0v) is 13.3. The van der Waals surface area contributed by atoms with Crippen molar-refractivity contribution in [3.8, 4) is 16.9 Å². The molecule has 0 aliphatic heterocycles. The Morgan fingerprint density at radius 2 is 1.62 bits per heavy atom. The number of nitrogens with zero attached hydrogens (tertiary/aromatic N) is 2. The molecular formula is C16H7BrF4N2O. The average Bonchev–Trinajstić information content (AvgIpc) is 2.85. The van der Waals surface area contributed by atoms with Crippen LogP contribution >= 0.6 is 15.9 Å². The average molecular weight is 399 g/mol. The van der Waals surface area contributed by atoms with E-state index in [0.717, 1.165) is 35.0 Å². The van der Waals surface area contributed by atoms with Crippen LogP contribution in [0.5, 0.6) is 0 Å². The summed E-state index contributed by atoms with van der Waals surface area (Å²) in [6.45, 7) is 0. The van der Waals surface area contributed by atoms with Crippen LogP contribution in [0.1, 0.15) is 10.4 Å². The molecule has 1 heterocycles. The predicted molar refractivity (Wildman–Crippen MR) is 81.9 cm³/mol. The zero-order valence-electron chi connectivity index (χ0n) is 11.7. The summed E-state index contributed by atoms with van der Waals surface area (Å²) in [7, 11) is 0. The van der Waals surface area contributed by atoms with E-state index in [0.29, 0.717) is 12.4 Å². The molecule has 0 N–H and O–H groups in total. The van der Waals surface area contributed by atoms with Crippen molar-refractivity contribution in [1.82, 2.24) is 9.78 Å². The van der Waals surface area contributed by atoms with E-state index in [2.05, 4.69) is 21.0 Å². The number of carbonyl (C=O) groups is 1. The molecule has 3 rings (SSSR count). The minimum absolute atomic E-state index is 0.0227. The number of rotatable bonds is 3. The summed E-state index contributed by atoms with van der Waals surface area (Å²) in [5.74, 6) is -3.20. The Bertz CT molecular complexity index is 935. The first-order valence-corrected chi connectivity index (χ1v) is 7.35. The van der Waals surface area contributed by atoms with Crippen molar-refractivity contribution < 1.29 is 22.4 Å². The summed E-state index contributed by atoms with van der Waals surface area (Å²) in [5, 5.41) is 4.00. The molecule has 122 valence electrons. The molecule has 0 amide bonds. The molecule has 0 saturated carbocycles. The minimum Gasteiger partial charge on any atom is -0.298 e. The number of aromatic nitrogens is 2. The Hall–Kier alpha value is -2.48. The van der Waals surface area contributed by atoms with Gasteiger partial charge in [-0.05, 0) is 46.3 Å². The van der Waals surface area contributed by atoms with E-state index in [1.54, 1.807) is 0 Å². The fraction of sp³-hybridized carbons (Fsp3) is 0. The van der Waals surface area contributed by atoms with E-state index in [1.165, 1.54) is 0 Å². The molecule has 0 spiro atoms. The molecule has 0 atom stereocenters. The van der Waals surface area contributed by atoms with Crippen molar-refractivity contribution in [2.45, 2.75) is 0 Å². The summed E-state index contributed by atoms with van der Waals surface area (Å²) < 4.78 is 55.3. The Morgan fingerprint density at radius 3 is 2.25 bits per heavy atom. The van der Waals surface area contributed by atoms with Crippen molar-refractivity contribution in [2.24, 2.45) is 0 Å². The van der Waals surface area contributed by atoms with E-state index in [4.69, 9.17) is 0 Å². The van der Waals surface area contributed by atoms with Crippen LogP contribution in [0.4, 0.5) is 17.6 Å². The number of halogens is 5.